The van der Waals surface area contributed by atoms with Crippen LogP contribution in [0.2, 0.25) is 0 Å². The van der Waals surface area contributed by atoms with Gasteiger partial charge in [-0.15, -0.1) is 0 Å². The van der Waals surface area contributed by atoms with Gasteiger partial charge < -0.3 is 24.6 Å². The van der Waals surface area contributed by atoms with Crippen LogP contribution < -0.4 is 0 Å². The van der Waals surface area contributed by atoms with Gasteiger partial charge in [-0.2, -0.15) is 0 Å². The molecule has 0 bridgehead atoms. The first-order valence-electron chi connectivity index (χ1n) is 13.9. The predicted molar refractivity (Wildman–Crippen MR) is 150 cm³/mol. The normalized spacial score (nSPS) is 15.1. The van der Waals surface area contributed by atoms with Crippen molar-refractivity contribution in [3.63, 3.8) is 0 Å². The number of phosphoric ester groups is 1. The number of unbranched alkanes of at least 4 members (excludes halogenated alkanes) is 5. The van der Waals surface area contributed by atoms with Crippen LogP contribution in [0.25, 0.3) is 0 Å². The van der Waals surface area contributed by atoms with Crippen molar-refractivity contribution in [1.82, 2.24) is 0 Å². The largest absolute Gasteiger partial charge is 0.472 e. The van der Waals surface area contributed by atoms with Crippen molar-refractivity contribution >= 4 is 19.8 Å². The second kappa shape index (κ2) is 25.2. The number of phosphoric acid groups is 1. The Labute approximate surface area is 233 Å². The van der Waals surface area contributed by atoms with Gasteiger partial charge in [0.15, 0.2) is 0 Å². The molecule has 39 heavy (non-hydrogen) atoms. The molecule has 0 aliphatic carbocycles. The quantitative estimate of drug-likeness (QED) is 0.0564. The van der Waals surface area contributed by atoms with Gasteiger partial charge in [-0.3, -0.25) is 18.6 Å². The summed E-state index contributed by atoms with van der Waals surface area (Å²) in [6, 6.07) is 0. The van der Waals surface area contributed by atoms with E-state index in [-0.39, 0.29) is 12.8 Å². The molecule has 226 valence electrons. The van der Waals surface area contributed by atoms with Crippen LogP contribution in [0.5, 0.6) is 0 Å². The summed E-state index contributed by atoms with van der Waals surface area (Å²) in [6.45, 7) is 1.58. The maximum Gasteiger partial charge on any atom is 0.472 e. The van der Waals surface area contributed by atoms with Gasteiger partial charge in [-0.05, 0) is 44.9 Å². The van der Waals surface area contributed by atoms with Crippen LogP contribution in [0.3, 0.4) is 0 Å². The molecule has 0 aromatic carbocycles. The van der Waals surface area contributed by atoms with Gasteiger partial charge in [0.2, 0.25) is 0 Å². The highest BCUT2D eigenvalue weighted by Gasteiger charge is 2.27. The lowest BCUT2D eigenvalue weighted by atomic mass is 10.1. The third kappa shape index (κ3) is 23.8. The molecule has 0 saturated heterocycles. The number of ether oxygens (including phenoxy) is 2. The Kier molecular flexibility index (Phi) is 24.0. The number of aliphatic hydroxyl groups excluding tert-OH is 2. The predicted octanol–water partition coefficient (Wildman–Crippen LogP) is 5.32. The monoisotopic (exact) mass is 576 g/mol. The fourth-order valence-corrected chi connectivity index (χ4v) is 4.01. The maximum atomic E-state index is 12.0. The molecule has 0 aromatic heterocycles. The van der Waals surface area contributed by atoms with E-state index in [1.807, 2.05) is 0 Å². The summed E-state index contributed by atoms with van der Waals surface area (Å²) in [7, 11) is -4.60. The maximum absolute atomic E-state index is 12.0. The lowest BCUT2D eigenvalue weighted by molar-refractivity contribution is -0.153. The number of rotatable bonds is 25. The molecule has 0 saturated carbocycles. The van der Waals surface area contributed by atoms with Crippen molar-refractivity contribution in [2.24, 2.45) is 0 Å². The van der Waals surface area contributed by atoms with Crippen molar-refractivity contribution in [3.8, 4) is 0 Å². The van der Waals surface area contributed by atoms with E-state index < -0.39 is 58.4 Å². The summed E-state index contributed by atoms with van der Waals surface area (Å²) in [5.41, 5.74) is 0. The molecule has 0 aliphatic rings. The first-order valence-corrected chi connectivity index (χ1v) is 15.4. The summed E-state index contributed by atoms with van der Waals surface area (Å²) in [5, 5.41) is 18.6. The molecule has 11 heteroatoms. The fourth-order valence-electron chi connectivity index (χ4n) is 3.22. The lowest BCUT2D eigenvalue weighted by Gasteiger charge is -2.20. The van der Waals surface area contributed by atoms with Gasteiger partial charge in [0.05, 0.1) is 26.4 Å². The summed E-state index contributed by atoms with van der Waals surface area (Å²) < 4.78 is 31.6. The molecule has 0 heterocycles. The highest BCUT2D eigenvalue weighted by molar-refractivity contribution is 7.47. The second-order valence-corrected chi connectivity index (χ2v) is 10.5. The zero-order valence-electron chi connectivity index (χ0n) is 23.6. The number of carbonyl (C=O) groups is 2. The SMILES string of the molecule is CC/C=C\C/C=C\C/C=C\CCCCCCCC(=O)OC(CO)COP(=O)(O)OCC(CO)OC(=O)CCC. The van der Waals surface area contributed by atoms with E-state index in [0.717, 1.165) is 51.4 Å². The molecule has 0 fully saturated rings. The molecule has 0 radical (unpaired) electrons. The molecule has 10 nitrogen and oxygen atoms in total. The zero-order chi connectivity index (χ0) is 29.2. The minimum Gasteiger partial charge on any atom is -0.457 e. The van der Waals surface area contributed by atoms with E-state index in [2.05, 4.69) is 43.4 Å². The van der Waals surface area contributed by atoms with Crippen LogP contribution in [0.4, 0.5) is 0 Å². The van der Waals surface area contributed by atoms with Crippen molar-refractivity contribution in [1.29, 1.82) is 0 Å². The number of aliphatic hydroxyl groups is 2. The van der Waals surface area contributed by atoms with Gasteiger partial charge in [0, 0.05) is 12.8 Å². The van der Waals surface area contributed by atoms with E-state index in [0.29, 0.717) is 12.8 Å². The third-order valence-electron chi connectivity index (χ3n) is 5.34. The Balaban J connectivity index is 4.00. The zero-order valence-corrected chi connectivity index (χ0v) is 24.5. The van der Waals surface area contributed by atoms with E-state index in [9.17, 15) is 29.3 Å². The second-order valence-electron chi connectivity index (χ2n) is 9.00. The number of hydrogen-bond acceptors (Lipinski definition) is 9. The smallest absolute Gasteiger partial charge is 0.457 e. The van der Waals surface area contributed by atoms with Gasteiger partial charge in [-0.1, -0.05) is 69.6 Å². The molecule has 0 aliphatic heterocycles. The minimum absolute atomic E-state index is 0.140. The van der Waals surface area contributed by atoms with Crippen molar-refractivity contribution in [2.75, 3.05) is 26.4 Å². The molecule has 0 aromatic rings. The Morgan fingerprint density at radius 2 is 1.21 bits per heavy atom. The van der Waals surface area contributed by atoms with E-state index in [4.69, 9.17) is 18.5 Å². The van der Waals surface area contributed by atoms with Crippen LogP contribution in [0.15, 0.2) is 36.5 Å². The van der Waals surface area contributed by atoms with Crippen LogP contribution >= 0.6 is 7.82 Å². The standard InChI is InChI=1S/C28H49O10P/c1-3-5-6-7-8-9-10-11-12-13-14-15-16-17-18-20-28(32)38-26(22-30)24-36-39(33,34)35-23-25(21-29)37-27(31)19-4-2/h5-6,8-9,11-12,25-26,29-30H,3-4,7,10,13-24H2,1-2H3,(H,33,34)/b6-5-,9-8-,12-11-. The highest BCUT2D eigenvalue weighted by Crippen LogP contribution is 2.43. The first kappa shape index (κ1) is 37.2. The van der Waals surface area contributed by atoms with Gasteiger partial charge in [0.1, 0.15) is 12.2 Å². The Hall–Kier alpha value is -1.81. The summed E-state index contributed by atoms with van der Waals surface area (Å²) in [5.74, 6) is -1.10. The highest BCUT2D eigenvalue weighted by atomic mass is 31.2. The topological polar surface area (TPSA) is 149 Å². The molecule has 0 amide bonds. The average Bonchev–Trinajstić information content (AvgIpc) is 2.91. The summed E-state index contributed by atoms with van der Waals surface area (Å²) >= 11 is 0. The van der Waals surface area contributed by atoms with Crippen molar-refractivity contribution in [3.05, 3.63) is 36.5 Å². The fraction of sp³-hybridized carbons (Fsp3) is 0.714. The van der Waals surface area contributed by atoms with Crippen LogP contribution in [0.1, 0.15) is 90.9 Å². The Bertz CT molecular complexity index is 765. The molecule has 3 N–H and O–H groups in total. The minimum atomic E-state index is -4.60. The van der Waals surface area contributed by atoms with Crippen LogP contribution in [-0.4, -0.2) is 65.7 Å². The number of carbonyl (C=O) groups excluding carboxylic acids is 2. The summed E-state index contributed by atoms with van der Waals surface area (Å²) in [6.07, 6.45) is 20.4. The Morgan fingerprint density at radius 3 is 1.74 bits per heavy atom. The molecule has 3 atom stereocenters. The van der Waals surface area contributed by atoms with Crippen molar-refractivity contribution < 1.29 is 47.8 Å². The average molecular weight is 577 g/mol. The van der Waals surface area contributed by atoms with Crippen LogP contribution in [-0.2, 0) is 32.7 Å². The lowest BCUT2D eigenvalue weighted by Crippen LogP contribution is -2.28. The van der Waals surface area contributed by atoms with Gasteiger partial charge in [-0.25, -0.2) is 4.57 Å². The van der Waals surface area contributed by atoms with Crippen molar-refractivity contribution in [2.45, 2.75) is 103 Å². The van der Waals surface area contributed by atoms with E-state index in [1.165, 1.54) is 0 Å². The van der Waals surface area contributed by atoms with Gasteiger partial charge in [0.25, 0.3) is 0 Å². The molecular formula is C28H49O10P. The first-order chi connectivity index (χ1) is 18.8. The molecule has 0 spiro atoms. The van der Waals surface area contributed by atoms with E-state index in [1.54, 1.807) is 6.92 Å². The molecule has 0 rings (SSSR count). The Morgan fingerprint density at radius 1 is 0.718 bits per heavy atom. The molecule has 3 unspecified atom stereocenters. The van der Waals surface area contributed by atoms with Gasteiger partial charge >= 0.3 is 19.8 Å². The van der Waals surface area contributed by atoms with E-state index >= 15 is 0 Å². The molecular weight excluding hydrogens is 527 g/mol. The summed E-state index contributed by atoms with van der Waals surface area (Å²) in [4.78, 5) is 33.3. The van der Waals surface area contributed by atoms with Crippen LogP contribution in [0, 0.1) is 0 Å². The number of allylic oxidation sites excluding steroid dienone is 6. The number of esters is 2. The third-order valence-corrected chi connectivity index (χ3v) is 6.29. The number of hydrogen-bond donors (Lipinski definition) is 3.